The number of carbonyl (C=O) groups is 1. The van der Waals surface area contributed by atoms with Gasteiger partial charge in [0.05, 0.1) is 17.6 Å². The topological polar surface area (TPSA) is 85.8 Å². The third kappa shape index (κ3) is 3.78. The maximum atomic E-state index is 12.2. The minimum Gasteiger partial charge on any atom is -0.421 e. The maximum Gasteiger partial charge on any atom is 0.247 e. The Kier molecular flexibility index (Phi) is 5.14. The molecule has 0 radical (unpaired) electrons. The lowest BCUT2D eigenvalue weighted by Gasteiger charge is -2.07. The highest BCUT2D eigenvalue weighted by Gasteiger charge is 2.12. The van der Waals surface area contributed by atoms with Crippen molar-refractivity contribution in [3.05, 3.63) is 66.3 Å². The van der Waals surface area contributed by atoms with Crippen LogP contribution in [-0.2, 0) is 24.3 Å². The van der Waals surface area contributed by atoms with E-state index in [1.54, 1.807) is 0 Å². The second-order valence-electron chi connectivity index (χ2n) is 6.40. The molecule has 0 fully saturated rings. The summed E-state index contributed by atoms with van der Waals surface area (Å²) in [6, 6.07) is 17.5. The van der Waals surface area contributed by atoms with E-state index in [0.29, 0.717) is 24.7 Å². The van der Waals surface area contributed by atoms with Crippen LogP contribution in [0.15, 0.2) is 59.0 Å². The second kappa shape index (κ2) is 8.04. The molecule has 0 bridgehead atoms. The summed E-state index contributed by atoms with van der Waals surface area (Å²) in [5.41, 5.74) is 2.88. The SMILES string of the molecule is CCn1c(CNC(=O)CCc2nnc(-c3ccccc3)o2)nc2ccccc21. The average molecular weight is 375 g/mol. The number of hydrogen-bond donors (Lipinski definition) is 1. The minimum atomic E-state index is -0.0748. The molecule has 7 heteroatoms. The van der Waals surface area contributed by atoms with E-state index in [9.17, 15) is 4.79 Å². The lowest BCUT2D eigenvalue weighted by Crippen LogP contribution is -2.25. The molecule has 4 rings (SSSR count). The van der Waals surface area contributed by atoms with Gasteiger partial charge in [0.25, 0.3) is 0 Å². The van der Waals surface area contributed by atoms with Crippen molar-refractivity contribution in [3.8, 4) is 11.5 Å². The van der Waals surface area contributed by atoms with Crippen LogP contribution in [0.2, 0.25) is 0 Å². The van der Waals surface area contributed by atoms with Gasteiger partial charge in [-0.3, -0.25) is 4.79 Å². The first kappa shape index (κ1) is 17.9. The molecule has 142 valence electrons. The number of aryl methyl sites for hydroxylation is 2. The van der Waals surface area contributed by atoms with Gasteiger partial charge in [-0.15, -0.1) is 10.2 Å². The summed E-state index contributed by atoms with van der Waals surface area (Å²) in [6.45, 7) is 3.26. The van der Waals surface area contributed by atoms with Crippen molar-refractivity contribution in [1.29, 1.82) is 0 Å². The van der Waals surface area contributed by atoms with Crippen LogP contribution in [0.3, 0.4) is 0 Å². The zero-order valence-corrected chi connectivity index (χ0v) is 15.6. The van der Waals surface area contributed by atoms with Crippen LogP contribution in [0.5, 0.6) is 0 Å². The molecule has 0 saturated carbocycles. The molecule has 0 aliphatic heterocycles. The molecule has 2 aromatic heterocycles. The van der Waals surface area contributed by atoms with E-state index in [1.165, 1.54) is 0 Å². The number of para-hydroxylation sites is 2. The monoisotopic (exact) mass is 375 g/mol. The Labute approximate surface area is 162 Å². The van der Waals surface area contributed by atoms with Gasteiger partial charge in [0, 0.05) is 24.9 Å². The predicted molar refractivity (Wildman–Crippen MR) is 105 cm³/mol. The van der Waals surface area contributed by atoms with Gasteiger partial charge in [0.15, 0.2) is 0 Å². The Hall–Kier alpha value is -3.48. The molecular weight excluding hydrogens is 354 g/mol. The van der Waals surface area contributed by atoms with Gasteiger partial charge in [-0.1, -0.05) is 30.3 Å². The first-order chi connectivity index (χ1) is 13.7. The molecule has 7 nitrogen and oxygen atoms in total. The Balaban J connectivity index is 1.34. The number of imidazole rings is 1. The van der Waals surface area contributed by atoms with E-state index in [1.807, 2.05) is 54.6 Å². The molecule has 4 aromatic rings. The summed E-state index contributed by atoms with van der Waals surface area (Å²) in [6.07, 6.45) is 0.679. The van der Waals surface area contributed by atoms with Crippen molar-refractivity contribution >= 4 is 16.9 Å². The third-order valence-electron chi connectivity index (χ3n) is 4.55. The normalized spacial score (nSPS) is 11.0. The van der Waals surface area contributed by atoms with E-state index < -0.39 is 0 Å². The van der Waals surface area contributed by atoms with E-state index in [4.69, 9.17) is 4.42 Å². The summed E-state index contributed by atoms with van der Waals surface area (Å²) in [7, 11) is 0. The van der Waals surface area contributed by atoms with E-state index in [2.05, 4.69) is 32.0 Å². The first-order valence-electron chi connectivity index (χ1n) is 9.33. The number of benzene rings is 2. The van der Waals surface area contributed by atoms with Crippen molar-refractivity contribution in [3.63, 3.8) is 0 Å². The number of carbonyl (C=O) groups excluding carboxylic acids is 1. The van der Waals surface area contributed by atoms with Gasteiger partial charge in [0.2, 0.25) is 17.7 Å². The van der Waals surface area contributed by atoms with Gasteiger partial charge in [-0.2, -0.15) is 0 Å². The number of rotatable bonds is 7. The van der Waals surface area contributed by atoms with Crippen LogP contribution < -0.4 is 5.32 Å². The quantitative estimate of drug-likeness (QED) is 0.535. The van der Waals surface area contributed by atoms with Crippen molar-refractivity contribution in [2.75, 3.05) is 0 Å². The van der Waals surface area contributed by atoms with E-state index >= 15 is 0 Å². The summed E-state index contributed by atoms with van der Waals surface area (Å²) in [5, 5.41) is 11.0. The smallest absolute Gasteiger partial charge is 0.247 e. The summed E-state index contributed by atoms with van der Waals surface area (Å²) >= 11 is 0. The fourth-order valence-corrected chi connectivity index (χ4v) is 3.15. The molecule has 2 aromatic carbocycles. The zero-order chi connectivity index (χ0) is 19.3. The Morgan fingerprint density at radius 2 is 1.86 bits per heavy atom. The molecule has 1 amide bonds. The van der Waals surface area contributed by atoms with E-state index in [0.717, 1.165) is 29.0 Å². The first-order valence-corrected chi connectivity index (χ1v) is 9.33. The highest BCUT2D eigenvalue weighted by molar-refractivity contribution is 5.77. The van der Waals surface area contributed by atoms with Crippen molar-refractivity contribution < 1.29 is 9.21 Å². The maximum absolute atomic E-state index is 12.2. The largest absolute Gasteiger partial charge is 0.421 e. The number of nitrogens with zero attached hydrogens (tertiary/aromatic N) is 4. The fraction of sp³-hybridized carbons (Fsp3) is 0.238. The molecule has 0 aliphatic rings. The van der Waals surface area contributed by atoms with Crippen LogP contribution in [0.4, 0.5) is 0 Å². The van der Waals surface area contributed by atoms with Gasteiger partial charge >= 0.3 is 0 Å². The molecule has 0 aliphatic carbocycles. The van der Waals surface area contributed by atoms with Crippen LogP contribution in [0.25, 0.3) is 22.5 Å². The standard InChI is InChI=1S/C21H21N5O2/c1-2-26-17-11-7-6-10-16(17)23-18(26)14-22-19(27)12-13-20-24-25-21(28-20)15-8-4-3-5-9-15/h3-11H,2,12-14H2,1H3,(H,22,27). The van der Waals surface area contributed by atoms with Gasteiger partial charge in [-0.05, 0) is 31.2 Å². The summed E-state index contributed by atoms with van der Waals surface area (Å²) in [5.74, 6) is 1.69. The Morgan fingerprint density at radius 3 is 2.68 bits per heavy atom. The molecule has 28 heavy (non-hydrogen) atoms. The highest BCUT2D eigenvalue weighted by Crippen LogP contribution is 2.18. The Bertz CT molecular complexity index is 1080. The number of nitrogens with one attached hydrogen (secondary N) is 1. The zero-order valence-electron chi connectivity index (χ0n) is 15.6. The van der Waals surface area contributed by atoms with Gasteiger partial charge < -0.3 is 14.3 Å². The number of hydrogen-bond acceptors (Lipinski definition) is 5. The summed E-state index contributed by atoms with van der Waals surface area (Å²) < 4.78 is 7.75. The molecular formula is C21H21N5O2. The number of aromatic nitrogens is 4. The van der Waals surface area contributed by atoms with Gasteiger partial charge in [-0.25, -0.2) is 4.98 Å². The number of amides is 1. The average Bonchev–Trinajstić information content (AvgIpc) is 3.35. The lowest BCUT2D eigenvalue weighted by atomic mass is 10.2. The van der Waals surface area contributed by atoms with Crippen molar-refractivity contribution in [2.45, 2.75) is 32.9 Å². The minimum absolute atomic E-state index is 0.0748. The lowest BCUT2D eigenvalue weighted by molar-refractivity contribution is -0.121. The van der Waals surface area contributed by atoms with Crippen molar-refractivity contribution in [2.24, 2.45) is 0 Å². The fourth-order valence-electron chi connectivity index (χ4n) is 3.15. The van der Waals surface area contributed by atoms with Crippen LogP contribution in [0, 0.1) is 0 Å². The third-order valence-corrected chi connectivity index (χ3v) is 4.55. The van der Waals surface area contributed by atoms with Crippen LogP contribution in [-0.4, -0.2) is 25.7 Å². The molecule has 0 saturated heterocycles. The van der Waals surface area contributed by atoms with Crippen LogP contribution in [0.1, 0.15) is 25.1 Å². The molecule has 0 unspecified atom stereocenters. The summed E-state index contributed by atoms with van der Waals surface area (Å²) in [4.78, 5) is 16.9. The Morgan fingerprint density at radius 1 is 1.07 bits per heavy atom. The second-order valence-corrected chi connectivity index (χ2v) is 6.40. The number of fused-ring (bicyclic) bond motifs is 1. The molecule has 0 spiro atoms. The van der Waals surface area contributed by atoms with E-state index in [-0.39, 0.29) is 12.3 Å². The van der Waals surface area contributed by atoms with Crippen LogP contribution >= 0.6 is 0 Å². The van der Waals surface area contributed by atoms with Gasteiger partial charge in [0.1, 0.15) is 5.82 Å². The molecule has 0 atom stereocenters. The van der Waals surface area contributed by atoms with Crippen molar-refractivity contribution in [1.82, 2.24) is 25.1 Å². The molecule has 2 heterocycles. The predicted octanol–water partition coefficient (Wildman–Crippen LogP) is 3.36. The highest BCUT2D eigenvalue weighted by atomic mass is 16.4. The molecule has 1 N–H and O–H groups in total.